The van der Waals surface area contributed by atoms with Gasteiger partial charge in [-0.05, 0) is 9.91 Å². The Morgan fingerprint density at radius 3 is 3.00 bits per heavy atom. The highest BCUT2D eigenvalue weighted by Crippen LogP contribution is 2.33. The van der Waals surface area contributed by atoms with Crippen molar-refractivity contribution in [2.45, 2.75) is 0 Å². The van der Waals surface area contributed by atoms with Gasteiger partial charge in [0, 0.05) is 0 Å². The van der Waals surface area contributed by atoms with Gasteiger partial charge in [-0.15, -0.1) is 11.3 Å². The minimum atomic E-state index is -0.728. The average Bonchev–Trinajstić information content (AvgIpc) is 2.52. The molecule has 0 aliphatic heterocycles. The maximum Gasteiger partial charge on any atom is 0.407 e. The van der Waals surface area contributed by atoms with Crippen LogP contribution in [0.1, 0.15) is 0 Å². The van der Waals surface area contributed by atoms with Gasteiger partial charge in [0.15, 0.2) is 6.20 Å². The Labute approximate surface area is 75.6 Å². The van der Waals surface area contributed by atoms with E-state index >= 15 is 0 Å². The van der Waals surface area contributed by atoms with E-state index in [1.54, 1.807) is 0 Å². The first-order valence-electron chi connectivity index (χ1n) is 3.25. The predicted molar refractivity (Wildman–Crippen MR) is 45.7 cm³/mol. The third-order valence-electron chi connectivity index (χ3n) is 1.50. The fraction of sp³-hybridized carbons (Fsp3) is 0. The summed E-state index contributed by atoms with van der Waals surface area (Å²) in [5.41, 5.74) is 1.96. The van der Waals surface area contributed by atoms with Gasteiger partial charge in [-0.25, -0.2) is 4.98 Å². The molecule has 2 aromatic heterocycles. The van der Waals surface area contributed by atoms with Gasteiger partial charge in [-0.2, -0.15) is 0 Å². The van der Waals surface area contributed by atoms with Crippen molar-refractivity contribution in [2.24, 2.45) is 0 Å². The van der Waals surface area contributed by atoms with Crippen LogP contribution in [0.25, 0.3) is 10.2 Å². The lowest BCUT2D eigenvalue weighted by atomic mass is 10.4. The van der Waals surface area contributed by atoms with E-state index < -0.39 is 16.5 Å². The zero-order valence-electron chi connectivity index (χ0n) is 6.17. The number of nitrogens with zero attached hydrogens (tertiary/aromatic N) is 3. The summed E-state index contributed by atoms with van der Waals surface area (Å²) in [5, 5.41) is 19.7. The van der Waals surface area contributed by atoms with Crippen molar-refractivity contribution in [3.8, 4) is 5.75 Å². The number of aromatic nitrogens is 2. The molecule has 0 spiro atoms. The van der Waals surface area contributed by atoms with Crippen LogP contribution in [0, 0.1) is 10.1 Å². The standard InChI is InChI=1S/C6H3N3O3S/c10-4-5-3(8-2-13-5)1-7-6(4)9(11)12/h1-2,10H. The van der Waals surface area contributed by atoms with E-state index in [0.29, 0.717) is 10.2 Å². The van der Waals surface area contributed by atoms with Crippen molar-refractivity contribution < 1.29 is 10.0 Å². The smallest absolute Gasteiger partial charge is 0.407 e. The molecule has 0 aliphatic carbocycles. The molecule has 2 heterocycles. The normalized spacial score (nSPS) is 10.5. The quantitative estimate of drug-likeness (QED) is 0.549. The maximum absolute atomic E-state index is 10.4. The number of hydrogen-bond acceptors (Lipinski definition) is 6. The molecule has 0 saturated heterocycles. The molecule has 0 bridgehead atoms. The third kappa shape index (κ3) is 1.09. The molecule has 0 amide bonds. The van der Waals surface area contributed by atoms with Crippen LogP contribution in [0.15, 0.2) is 11.7 Å². The first-order valence-corrected chi connectivity index (χ1v) is 4.13. The Morgan fingerprint density at radius 1 is 1.54 bits per heavy atom. The summed E-state index contributed by atoms with van der Waals surface area (Å²) in [6.07, 6.45) is 1.27. The van der Waals surface area contributed by atoms with Gasteiger partial charge in [-0.3, -0.25) is 0 Å². The summed E-state index contributed by atoms with van der Waals surface area (Å²) in [6, 6.07) is 0. The van der Waals surface area contributed by atoms with Crippen LogP contribution in [0.2, 0.25) is 0 Å². The molecule has 7 heteroatoms. The number of aromatic hydroxyl groups is 1. The van der Waals surface area contributed by atoms with Crippen LogP contribution in [0.3, 0.4) is 0 Å². The highest BCUT2D eigenvalue weighted by atomic mass is 32.1. The molecule has 6 nitrogen and oxygen atoms in total. The number of fused-ring (bicyclic) bond motifs is 1. The summed E-state index contributed by atoms with van der Waals surface area (Å²) in [7, 11) is 0. The molecule has 66 valence electrons. The summed E-state index contributed by atoms with van der Waals surface area (Å²) in [4.78, 5) is 17.0. The summed E-state index contributed by atoms with van der Waals surface area (Å²) in [6.45, 7) is 0. The molecule has 0 fully saturated rings. The molecule has 0 aromatic carbocycles. The predicted octanol–water partition coefficient (Wildman–Crippen LogP) is 1.31. The molecule has 0 radical (unpaired) electrons. The minimum Gasteiger partial charge on any atom is -0.500 e. The van der Waals surface area contributed by atoms with Crippen LogP contribution in [0.4, 0.5) is 5.82 Å². The summed E-state index contributed by atoms with van der Waals surface area (Å²) in [5.74, 6) is -0.943. The molecule has 2 aromatic rings. The Kier molecular flexibility index (Phi) is 1.59. The fourth-order valence-electron chi connectivity index (χ4n) is 0.943. The van der Waals surface area contributed by atoms with Gasteiger partial charge in [0.1, 0.15) is 10.2 Å². The Balaban J connectivity index is 2.80. The first-order chi connectivity index (χ1) is 6.20. The second-order valence-electron chi connectivity index (χ2n) is 2.25. The largest absolute Gasteiger partial charge is 0.500 e. The van der Waals surface area contributed by atoms with Crippen molar-refractivity contribution in [2.75, 3.05) is 0 Å². The molecule has 13 heavy (non-hydrogen) atoms. The molecule has 0 atom stereocenters. The van der Waals surface area contributed by atoms with E-state index in [1.807, 2.05) is 0 Å². The van der Waals surface area contributed by atoms with Gasteiger partial charge in [0.05, 0.1) is 5.51 Å². The van der Waals surface area contributed by atoms with Gasteiger partial charge < -0.3 is 15.2 Å². The number of nitro groups is 1. The summed E-state index contributed by atoms with van der Waals surface area (Å²) >= 11 is 1.14. The number of pyridine rings is 1. The fourth-order valence-corrected chi connectivity index (χ4v) is 1.64. The van der Waals surface area contributed by atoms with Crippen molar-refractivity contribution in [1.82, 2.24) is 9.97 Å². The molecule has 1 N–H and O–H groups in total. The first kappa shape index (κ1) is 7.87. The Hall–Kier alpha value is -1.76. The molecule has 0 aliphatic rings. The van der Waals surface area contributed by atoms with Crippen LogP contribution in [-0.2, 0) is 0 Å². The number of thiazole rings is 1. The third-order valence-corrected chi connectivity index (χ3v) is 2.35. The average molecular weight is 197 g/mol. The number of hydrogen-bond donors (Lipinski definition) is 1. The van der Waals surface area contributed by atoms with E-state index in [2.05, 4.69) is 9.97 Å². The summed E-state index contributed by atoms with van der Waals surface area (Å²) < 4.78 is 0.390. The molecule has 2 rings (SSSR count). The SMILES string of the molecule is O=[N+]([O-])c1ncc2ncsc2c1O. The van der Waals surface area contributed by atoms with E-state index in [-0.39, 0.29) is 0 Å². The van der Waals surface area contributed by atoms with E-state index in [0.717, 1.165) is 11.3 Å². The second-order valence-corrected chi connectivity index (χ2v) is 3.11. The van der Waals surface area contributed by atoms with Crippen LogP contribution < -0.4 is 0 Å². The number of rotatable bonds is 1. The van der Waals surface area contributed by atoms with Crippen molar-refractivity contribution in [3.05, 3.63) is 21.8 Å². The van der Waals surface area contributed by atoms with Crippen molar-refractivity contribution >= 4 is 27.4 Å². The van der Waals surface area contributed by atoms with E-state index in [4.69, 9.17) is 0 Å². The van der Waals surface area contributed by atoms with E-state index in [1.165, 1.54) is 11.7 Å². The topological polar surface area (TPSA) is 89.2 Å². The maximum atomic E-state index is 10.4. The highest BCUT2D eigenvalue weighted by molar-refractivity contribution is 7.17. The van der Waals surface area contributed by atoms with Crippen LogP contribution in [0.5, 0.6) is 5.75 Å². The Morgan fingerprint density at radius 2 is 2.31 bits per heavy atom. The minimum absolute atomic E-state index is 0.390. The van der Waals surface area contributed by atoms with Gasteiger partial charge in [0.25, 0.3) is 0 Å². The monoisotopic (exact) mass is 197 g/mol. The lowest BCUT2D eigenvalue weighted by Gasteiger charge is -1.94. The molecular formula is C6H3N3O3S. The van der Waals surface area contributed by atoms with Crippen molar-refractivity contribution in [1.29, 1.82) is 0 Å². The van der Waals surface area contributed by atoms with Crippen molar-refractivity contribution in [3.63, 3.8) is 0 Å². The molecule has 0 saturated carbocycles. The zero-order valence-corrected chi connectivity index (χ0v) is 6.98. The van der Waals surface area contributed by atoms with Gasteiger partial charge >= 0.3 is 5.82 Å². The highest BCUT2D eigenvalue weighted by Gasteiger charge is 2.19. The van der Waals surface area contributed by atoms with Gasteiger partial charge in [-0.1, -0.05) is 0 Å². The second kappa shape index (κ2) is 2.63. The van der Waals surface area contributed by atoms with E-state index in [9.17, 15) is 15.2 Å². The molecular weight excluding hydrogens is 194 g/mol. The van der Waals surface area contributed by atoms with Crippen LogP contribution in [-0.4, -0.2) is 20.0 Å². The van der Waals surface area contributed by atoms with Gasteiger partial charge in [0.2, 0.25) is 5.75 Å². The lowest BCUT2D eigenvalue weighted by molar-refractivity contribution is -0.390. The van der Waals surface area contributed by atoms with Crippen LogP contribution >= 0.6 is 11.3 Å². The molecule has 0 unspecified atom stereocenters. The zero-order chi connectivity index (χ0) is 9.42. The lowest BCUT2D eigenvalue weighted by Crippen LogP contribution is -1.91. The Bertz CT molecular complexity index is 481.